The molecule has 10 heteroatoms. The molecule has 0 aliphatic carbocycles. The molecule has 2 amide bonds. The minimum atomic E-state index is -1.05. The number of aromatic nitrogens is 4. The molecule has 162 valence electrons. The number of halogens is 2. The Bertz CT molecular complexity index is 1260. The van der Waals surface area contributed by atoms with Crippen molar-refractivity contribution in [1.29, 1.82) is 0 Å². The number of benzene rings is 2. The van der Waals surface area contributed by atoms with Crippen molar-refractivity contribution in [3.8, 4) is 17.4 Å². The number of carbonyl (C=O) groups is 1. The van der Waals surface area contributed by atoms with Crippen LogP contribution in [-0.2, 0) is 0 Å². The van der Waals surface area contributed by atoms with Gasteiger partial charge in [-0.05, 0) is 56.3 Å². The first-order valence-corrected chi connectivity index (χ1v) is 9.54. The van der Waals surface area contributed by atoms with Crippen molar-refractivity contribution in [2.75, 3.05) is 10.6 Å². The number of carbonyl (C=O) groups excluding carboxylic acids is 1. The van der Waals surface area contributed by atoms with E-state index in [1.165, 1.54) is 6.07 Å². The lowest BCUT2D eigenvalue weighted by Gasteiger charge is -2.09. The Labute approximate surface area is 181 Å². The third kappa shape index (κ3) is 4.69. The van der Waals surface area contributed by atoms with E-state index in [0.717, 1.165) is 23.5 Å². The fraction of sp³-hybridized carbons (Fsp3) is 0.0909. The fourth-order valence-electron chi connectivity index (χ4n) is 2.82. The van der Waals surface area contributed by atoms with Gasteiger partial charge in [-0.2, -0.15) is 0 Å². The minimum Gasteiger partial charge on any atom is -0.438 e. The van der Waals surface area contributed by atoms with Crippen molar-refractivity contribution in [3.63, 3.8) is 0 Å². The Hall–Kier alpha value is -4.34. The van der Waals surface area contributed by atoms with Crippen LogP contribution in [0, 0.1) is 25.5 Å². The van der Waals surface area contributed by atoms with Gasteiger partial charge in [0.05, 0.1) is 5.69 Å². The van der Waals surface area contributed by atoms with Crippen LogP contribution < -0.4 is 15.4 Å². The van der Waals surface area contributed by atoms with Gasteiger partial charge in [0.2, 0.25) is 5.88 Å². The topological polar surface area (TPSA) is 94.0 Å². The molecule has 0 saturated heterocycles. The van der Waals surface area contributed by atoms with Crippen LogP contribution >= 0.6 is 0 Å². The average Bonchev–Trinajstić information content (AvgIpc) is 3.11. The van der Waals surface area contributed by atoms with E-state index >= 15 is 0 Å². The molecule has 4 rings (SSSR count). The lowest BCUT2D eigenvalue weighted by molar-refractivity contribution is 0.262. The maximum atomic E-state index is 13.2. The molecule has 0 bridgehead atoms. The molecule has 0 aliphatic rings. The summed E-state index contributed by atoms with van der Waals surface area (Å²) in [4.78, 5) is 16.3. The molecule has 0 fully saturated rings. The second-order valence-electron chi connectivity index (χ2n) is 6.85. The molecule has 2 heterocycles. The number of amides is 2. The van der Waals surface area contributed by atoms with Crippen LogP contribution in [0.1, 0.15) is 11.4 Å². The smallest absolute Gasteiger partial charge is 0.323 e. The molecule has 2 aromatic carbocycles. The summed E-state index contributed by atoms with van der Waals surface area (Å²) in [6.07, 6.45) is 1.68. The predicted octanol–water partition coefficient (Wildman–Crippen LogP) is 4.99. The quantitative estimate of drug-likeness (QED) is 0.460. The van der Waals surface area contributed by atoms with Crippen LogP contribution in [0.15, 0.2) is 60.9 Å². The lowest BCUT2D eigenvalue weighted by atomic mass is 10.3. The second kappa shape index (κ2) is 8.80. The number of aryl methyl sites for hydroxylation is 1. The zero-order chi connectivity index (χ0) is 22.7. The van der Waals surface area contributed by atoms with Gasteiger partial charge in [0, 0.05) is 29.2 Å². The third-order valence-electron chi connectivity index (χ3n) is 4.64. The van der Waals surface area contributed by atoms with Crippen LogP contribution in [-0.4, -0.2) is 25.8 Å². The maximum absolute atomic E-state index is 13.2. The summed E-state index contributed by atoms with van der Waals surface area (Å²) in [5, 5.41) is 13.2. The monoisotopic (exact) mass is 436 g/mol. The maximum Gasteiger partial charge on any atom is 0.323 e. The summed E-state index contributed by atoms with van der Waals surface area (Å²) < 4.78 is 33.7. The van der Waals surface area contributed by atoms with Crippen molar-refractivity contribution in [2.45, 2.75) is 13.8 Å². The number of nitrogens with zero attached hydrogens (tertiary/aromatic N) is 4. The molecule has 0 spiro atoms. The summed E-state index contributed by atoms with van der Waals surface area (Å²) in [6.45, 7) is 3.86. The molecule has 0 aliphatic heterocycles. The SMILES string of the molecule is Cc1ncn(-c2ccc(Oc3ccc(NC(=O)Nc4ccc(F)c(F)c4)cc3)nn2)c1C. The molecule has 4 aromatic rings. The lowest BCUT2D eigenvalue weighted by Crippen LogP contribution is -2.19. The summed E-state index contributed by atoms with van der Waals surface area (Å²) in [7, 11) is 0. The van der Waals surface area contributed by atoms with E-state index in [1.807, 2.05) is 18.4 Å². The molecule has 0 unspecified atom stereocenters. The zero-order valence-electron chi connectivity index (χ0n) is 17.1. The fourth-order valence-corrected chi connectivity index (χ4v) is 2.82. The van der Waals surface area contributed by atoms with E-state index in [9.17, 15) is 13.6 Å². The first-order chi connectivity index (χ1) is 15.4. The number of rotatable bonds is 5. The largest absolute Gasteiger partial charge is 0.438 e. The van der Waals surface area contributed by atoms with Gasteiger partial charge in [0.1, 0.15) is 12.1 Å². The van der Waals surface area contributed by atoms with Crippen molar-refractivity contribution in [2.24, 2.45) is 0 Å². The number of urea groups is 1. The molecular formula is C22H18F2N6O2. The Morgan fingerprint density at radius 2 is 1.62 bits per heavy atom. The van der Waals surface area contributed by atoms with Gasteiger partial charge in [-0.1, -0.05) is 0 Å². The first kappa shape index (κ1) is 20.9. The van der Waals surface area contributed by atoms with Crippen molar-refractivity contribution < 1.29 is 18.3 Å². The van der Waals surface area contributed by atoms with Gasteiger partial charge < -0.3 is 15.4 Å². The standard InChI is InChI=1S/C22H18F2N6O2/c1-13-14(2)30(12-25-13)20-9-10-21(29-28-20)32-17-6-3-15(4-7-17)26-22(31)27-16-5-8-18(23)19(24)11-16/h3-12H,1-2H3,(H2,26,27,31). The van der Waals surface area contributed by atoms with E-state index in [1.54, 1.807) is 42.7 Å². The second-order valence-corrected chi connectivity index (χ2v) is 6.85. The molecule has 2 N–H and O–H groups in total. The van der Waals surface area contributed by atoms with E-state index in [-0.39, 0.29) is 5.69 Å². The van der Waals surface area contributed by atoms with E-state index in [4.69, 9.17) is 4.74 Å². The average molecular weight is 436 g/mol. The highest BCUT2D eigenvalue weighted by molar-refractivity contribution is 5.99. The highest BCUT2D eigenvalue weighted by Crippen LogP contribution is 2.22. The van der Waals surface area contributed by atoms with Crippen LogP contribution in [0.25, 0.3) is 5.82 Å². The third-order valence-corrected chi connectivity index (χ3v) is 4.64. The van der Waals surface area contributed by atoms with Crippen LogP contribution in [0.3, 0.4) is 0 Å². The van der Waals surface area contributed by atoms with Gasteiger partial charge in [0.25, 0.3) is 0 Å². The summed E-state index contributed by atoms with van der Waals surface area (Å²) >= 11 is 0. The first-order valence-electron chi connectivity index (χ1n) is 9.54. The summed E-state index contributed by atoms with van der Waals surface area (Å²) in [6, 6.07) is 12.5. The van der Waals surface area contributed by atoms with Gasteiger partial charge >= 0.3 is 6.03 Å². The van der Waals surface area contributed by atoms with E-state index in [2.05, 4.69) is 25.8 Å². The number of nitrogens with one attached hydrogen (secondary N) is 2. The highest BCUT2D eigenvalue weighted by Gasteiger charge is 2.09. The summed E-state index contributed by atoms with van der Waals surface area (Å²) in [5.41, 5.74) is 2.50. The van der Waals surface area contributed by atoms with Gasteiger partial charge in [-0.3, -0.25) is 4.57 Å². The number of anilines is 2. The van der Waals surface area contributed by atoms with Crippen molar-refractivity contribution in [3.05, 3.63) is 83.9 Å². The number of imidazole rings is 1. The number of hydrogen-bond donors (Lipinski definition) is 2. The molecule has 0 radical (unpaired) electrons. The van der Waals surface area contributed by atoms with Crippen molar-refractivity contribution in [1.82, 2.24) is 19.7 Å². The van der Waals surface area contributed by atoms with Crippen molar-refractivity contribution >= 4 is 17.4 Å². The Balaban J connectivity index is 1.35. The molecule has 32 heavy (non-hydrogen) atoms. The van der Waals surface area contributed by atoms with Crippen LogP contribution in [0.4, 0.5) is 25.0 Å². The van der Waals surface area contributed by atoms with Gasteiger partial charge in [-0.15, -0.1) is 10.2 Å². The predicted molar refractivity (Wildman–Crippen MR) is 114 cm³/mol. The molecular weight excluding hydrogens is 418 g/mol. The van der Waals surface area contributed by atoms with E-state index in [0.29, 0.717) is 23.1 Å². The normalized spacial score (nSPS) is 10.6. The van der Waals surface area contributed by atoms with Crippen LogP contribution in [0.2, 0.25) is 0 Å². The van der Waals surface area contributed by atoms with Gasteiger partial charge in [0.15, 0.2) is 17.5 Å². The Kier molecular flexibility index (Phi) is 5.75. The Morgan fingerprint density at radius 3 is 2.25 bits per heavy atom. The number of ether oxygens (including phenoxy) is 1. The highest BCUT2D eigenvalue weighted by atomic mass is 19.2. The van der Waals surface area contributed by atoms with Crippen LogP contribution in [0.5, 0.6) is 11.6 Å². The summed E-state index contributed by atoms with van der Waals surface area (Å²) in [5.74, 6) is -0.608. The minimum absolute atomic E-state index is 0.129. The molecule has 0 atom stereocenters. The molecule has 2 aromatic heterocycles. The van der Waals surface area contributed by atoms with Gasteiger partial charge in [-0.25, -0.2) is 18.6 Å². The number of hydrogen-bond acceptors (Lipinski definition) is 5. The van der Waals surface area contributed by atoms with E-state index < -0.39 is 17.7 Å². The zero-order valence-corrected chi connectivity index (χ0v) is 17.1. The Morgan fingerprint density at radius 1 is 0.906 bits per heavy atom. The molecule has 8 nitrogen and oxygen atoms in total. The molecule has 0 saturated carbocycles.